The zero-order valence-electron chi connectivity index (χ0n) is 11.4. The zero-order chi connectivity index (χ0) is 13.0. The van der Waals surface area contributed by atoms with Crippen LogP contribution in [0.25, 0.3) is 0 Å². The van der Waals surface area contributed by atoms with Gasteiger partial charge < -0.3 is 15.8 Å². The van der Waals surface area contributed by atoms with Gasteiger partial charge in [0.25, 0.3) is 0 Å². The van der Waals surface area contributed by atoms with Gasteiger partial charge in [0.1, 0.15) is 0 Å². The molecular formula is C14H26N2O2. The van der Waals surface area contributed by atoms with Gasteiger partial charge in [0, 0.05) is 19.2 Å². The maximum atomic E-state index is 12.5. The van der Waals surface area contributed by atoms with Gasteiger partial charge in [0.2, 0.25) is 5.91 Å². The molecule has 0 aromatic carbocycles. The molecule has 2 atom stereocenters. The Hall–Kier alpha value is -0.610. The summed E-state index contributed by atoms with van der Waals surface area (Å²) in [6, 6.07) is 0.270. The lowest BCUT2D eigenvalue weighted by Crippen LogP contribution is -2.51. The minimum Gasteiger partial charge on any atom is -0.378 e. The molecule has 0 radical (unpaired) electrons. The van der Waals surface area contributed by atoms with Crippen molar-refractivity contribution in [3.63, 3.8) is 0 Å². The predicted octanol–water partition coefficient (Wildman–Crippen LogP) is 1.58. The summed E-state index contributed by atoms with van der Waals surface area (Å²) in [5.41, 5.74) is 5.59. The fourth-order valence-electron chi connectivity index (χ4n) is 3.22. The van der Waals surface area contributed by atoms with Crippen LogP contribution in [-0.4, -0.2) is 31.2 Å². The highest BCUT2D eigenvalue weighted by atomic mass is 16.5. The first-order valence-corrected chi connectivity index (χ1v) is 7.29. The largest absolute Gasteiger partial charge is 0.378 e. The molecule has 4 nitrogen and oxygen atoms in total. The molecule has 1 heterocycles. The Balaban J connectivity index is 1.92. The molecule has 1 amide bonds. The number of hydrogen-bond acceptors (Lipinski definition) is 3. The van der Waals surface area contributed by atoms with E-state index >= 15 is 0 Å². The first-order valence-electron chi connectivity index (χ1n) is 7.29. The lowest BCUT2D eigenvalue weighted by Gasteiger charge is -2.37. The molecule has 2 aliphatic rings. The molecule has 0 aromatic rings. The van der Waals surface area contributed by atoms with Crippen LogP contribution in [0, 0.1) is 5.41 Å². The van der Waals surface area contributed by atoms with Gasteiger partial charge in [-0.05, 0) is 32.6 Å². The molecule has 0 bridgehead atoms. The van der Waals surface area contributed by atoms with Crippen molar-refractivity contribution in [1.29, 1.82) is 0 Å². The molecule has 3 N–H and O–H groups in total. The Morgan fingerprint density at radius 3 is 2.72 bits per heavy atom. The van der Waals surface area contributed by atoms with Crippen molar-refractivity contribution < 1.29 is 9.53 Å². The molecule has 104 valence electrons. The Kier molecular flexibility index (Phi) is 4.62. The Morgan fingerprint density at radius 2 is 2.11 bits per heavy atom. The highest BCUT2D eigenvalue weighted by Crippen LogP contribution is 2.35. The summed E-state index contributed by atoms with van der Waals surface area (Å²) in [4.78, 5) is 12.5. The van der Waals surface area contributed by atoms with Crippen molar-refractivity contribution >= 4 is 5.91 Å². The molecule has 1 aliphatic heterocycles. The highest BCUT2D eigenvalue weighted by Gasteiger charge is 2.39. The van der Waals surface area contributed by atoms with Crippen LogP contribution < -0.4 is 11.1 Å². The topological polar surface area (TPSA) is 64.4 Å². The number of amides is 1. The Labute approximate surface area is 110 Å². The number of carbonyl (C=O) groups excluding carboxylic acids is 1. The third kappa shape index (κ3) is 3.04. The minimum atomic E-state index is -0.292. The van der Waals surface area contributed by atoms with Crippen LogP contribution in [0.1, 0.15) is 51.9 Å². The zero-order valence-corrected chi connectivity index (χ0v) is 11.4. The van der Waals surface area contributed by atoms with E-state index in [4.69, 9.17) is 10.5 Å². The summed E-state index contributed by atoms with van der Waals surface area (Å²) < 4.78 is 5.51. The molecule has 18 heavy (non-hydrogen) atoms. The summed E-state index contributed by atoms with van der Waals surface area (Å²) in [6.07, 6.45) is 7.52. The van der Waals surface area contributed by atoms with E-state index in [0.29, 0.717) is 6.54 Å². The van der Waals surface area contributed by atoms with Gasteiger partial charge in [-0.2, -0.15) is 0 Å². The lowest BCUT2D eigenvalue weighted by molar-refractivity contribution is -0.134. The van der Waals surface area contributed by atoms with Crippen LogP contribution in [0.5, 0.6) is 0 Å². The second-order valence-corrected chi connectivity index (χ2v) is 5.92. The van der Waals surface area contributed by atoms with Crippen molar-refractivity contribution in [2.45, 2.75) is 64.0 Å². The number of hydrogen-bond donors (Lipinski definition) is 2. The van der Waals surface area contributed by atoms with Crippen molar-refractivity contribution in [1.82, 2.24) is 5.32 Å². The van der Waals surface area contributed by atoms with Gasteiger partial charge in [0.05, 0.1) is 11.5 Å². The second kappa shape index (κ2) is 6.02. The van der Waals surface area contributed by atoms with Crippen molar-refractivity contribution in [3.05, 3.63) is 0 Å². The molecule has 0 aromatic heterocycles. The molecule has 2 fully saturated rings. The molecule has 1 aliphatic carbocycles. The lowest BCUT2D eigenvalue weighted by atomic mass is 9.73. The maximum absolute atomic E-state index is 12.5. The number of carbonyl (C=O) groups is 1. The molecular weight excluding hydrogens is 228 g/mol. The average Bonchev–Trinajstić information content (AvgIpc) is 2.39. The van der Waals surface area contributed by atoms with Gasteiger partial charge in [-0.1, -0.05) is 19.3 Å². The standard InChI is InChI=1S/C14H26N2O2/c1-11-9-12(5-8-18-11)16-13(17)14(10-15)6-3-2-4-7-14/h11-12H,2-10,15H2,1H3,(H,16,17). The molecule has 1 saturated heterocycles. The smallest absolute Gasteiger partial charge is 0.227 e. The summed E-state index contributed by atoms with van der Waals surface area (Å²) in [5, 5.41) is 3.21. The van der Waals surface area contributed by atoms with Gasteiger partial charge >= 0.3 is 0 Å². The van der Waals surface area contributed by atoms with E-state index in [0.717, 1.165) is 45.1 Å². The quantitative estimate of drug-likeness (QED) is 0.803. The van der Waals surface area contributed by atoms with E-state index in [1.807, 2.05) is 0 Å². The van der Waals surface area contributed by atoms with Gasteiger partial charge in [0.15, 0.2) is 0 Å². The highest BCUT2D eigenvalue weighted by molar-refractivity contribution is 5.83. The first kappa shape index (κ1) is 13.8. The van der Waals surface area contributed by atoms with E-state index in [1.165, 1.54) is 6.42 Å². The maximum Gasteiger partial charge on any atom is 0.227 e. The van der Waals surface area contributed by atoms with Crippen LogP contribution in [-0.2, 0) is 9.53 Å². The van der Waals surface area contributed by atoms with Crippen LogP contribution in [0.2, 0.25) is 0 Å². The minimum absolute atomic E-state index is 0.184. The third-order valence-electron chi connectivity index (χ3n) is 4.50. The third-order valence-corrected chi connectivity index (χ3v) is 4.50. The van der Waals surface area contributed by atoms with Crippen LogP contribution in [0.15, 0.2) is 0 Å². The van der Waals surface area contributed by atoms with E-state index in [2.05, 4.69) is 12.2 Å². The summed E-state index contributed by atoms with van der Waals surface area (Å²) in [6.45, 7) is 3.30. The van der Waals surface area contributed by atoms with E-state index in [1.54, 1.807) is 0 Å². The fourth-order valence-corrected chi connectivity index (χ4v) is 3.22. The number of nitrogens with one attached hydrogen (secondary N) is 1. The molecule has 4 heteroatoms. The fraction of sp³-hybridized carbons (Fsp3) is 0.929. The molecule has 1 saturated carbocycles. The van der Waals surface area contributed by atoms with Crippen molar-refractivity contribution in [2.75, 3.05) is 13.2 Å². The van der Waals surface area contributed by atoms with Crippen LogP contribution >= 0.6 is 0 Å². The predicted molar refractivity (Wildman–Crippen MR) is 71.2 cm³/mol. The molecule has 2 unspecified atom stereocenters. The van der Waals surface area contributed by atoms with E-state index in [-0.39, 0.29) is 23.5 Å². The number of rotatable bonds is 3. The summed E-state index contributed by atoms with van der Waals surface area (Å²) >= 11 is 0. The second-order valence-electron chi connectivity index (χ2n) is 5.92. The average molecular weight is 254 g/mol. The Morgan fingerprint density at radius 1 is 1.39 bits per heavy atom. The SMILES string of the molecule is CC1CC(NC(=O)C2(CN)CCCCC2)CCO1. The van der Waals surface area contributed by atoms with Crippen molar-refractivity contribution in [3.8, 4) is 0 Å². The number of ether oxygens (including phenoxy) is 1. The Bertz CT molecular complexity index is 288. The molecule has 0 spiro atoms. The summed E-state index contributed by atoms with van der Waals surface area (Å²) in [5.74, 6) is 0.184. The first-order chi connectivity index (χ1) is 8.66. The van der Waals surface area contributed by atoms with Gasteiger partial charge in [-0.25, -0.2) is 0 Å². The monoisotopic (exact) mass is 254 g/mol. The van der Waals surface area contributed by atoms with E-state index < -0.39 is 0 Å². The van der Waals surface area contributed by atoms with E-state index in [9.17, 15) is 4.79 Å². The van der Waals surface area contributed by atoms with Crippen molar-refractivity contribution in [2.24, 2.45) is 11.1 Å². The van der Waals surface area contributed by atoms with Crippen LogP contribution in [0.4, 0.5) is 0 Å². The summed E-state index contributed by atoms with van der Waals surface area (Å²) in [7, 11) is 0. The number of nitrogens with two attached hydrogens (primary N) is 1. The molecule has 2 rings (SSSR count). The van der Waals surface area contributed by atoms with Crippen LogP contribution in [0.3, 0.4) is 0 Å². The van der Waals surface area contributed by atoms with Gasteiger partial charge in [-0.3, -0.25) is 4.79 Å². The van der Waals surface area contributed by atoms with Gasteiger partial charge in [-0.15, -0.1) is 0 Å². The normalized spacial score (nSPS) is 31.9.